The second-order valence-electron chi connectivity index (χ2n) is 3.96. The Morgan fingerprint density at radius 1 is 1.58 bits per heavy atom. The van der Waals surface area contributed by atoms with E-state index in [-0.39, 0.29) is 23.0 Å². The van der Waals surface area contributed by atoms with Gasteiger partial charge in [-0.15, -0.1) is 0 Å². The van der Waals surface area contributed by atoms with E-state index < -0.39 is 10.0 Å². The number of aryl methyl sites for hydroxylation is 1. The highest BCUT2D eigenvalue weighted by Crippen LogP contribution is 2.14. The zero-order chi connectivity index (χ0) is 14.5. The number of nitrogens with two attached hydrogens (primary N) is 1. The molecule has 0 bridgehead atoms. The van der Waals surface area contributed by atoms with E-state index in [1.165, 1.54) is 28.5 Å². The van der Waals surface area contributed by atoms with Crippen molar-refractivity contribution in [3.8, 4) is 0 Å². The molecule has 19 heavy (non-hydrogen) atoms. The van der Waals surface area contributed by atoms with E-state index in [9.17, 15) is 8.42 Å². The molecule has 9 heteroatoms. The molecule has 1 rings (SSSR count). The van der Waals surface area contributed by atoms with Gasteiger partial charge in [0.1, 0.15) is 4.90 Å². The Bertz CT molecular complexity index is 527. The Morgan fingerprint density at radius 3 is 2.74 bits per heavy atom. The maximum absolute atomic E-state index is 12.4. The summed E-state index contributed by atoms with van der Waals surface area (Å²) in [5, 5.41) is 3.87. The molecule has 7 nitrogen and oxygen atoms in total. The molecule has 0 spiro atoms. The number of rotatable bonds is 8. The first-order chi connectivity index (χ1) is 8.87. The Hall–Kier alpha value is -1.03. The average Bonchev–Trinajstić information content (AvgIpc) is 2.76. The fourth-order valence-corrected chi connectivity index (χ4v) is 2.96. The van der Waals surface area contributed by atoms with Crippen LogP contribution in [-0.4, -0.2) is 54.3 Å². The molecule has 0 aliphatic rings. The van der Waals surface area contributed by atoms with Gasteiger partial charge in [0.2, 0.25) is 10.0 Å². The Kier molecular flexibility index (Phi) is 5.85. The van der Waals surface area contributed by atoms with Crippen LogP contribution in [-0.2, 0) is 21.8 Å². The van der Waals surface area contributed by atoms with Crippen LogP contribution in [0.1, 0.15) is 6.42 Å². The summed E-state index contributed by atoms with van der Waals surface area (Å²) in [5.41, 5.74) is 5.42. The lowest BCUT2D eigenvalue weighted by molar-refractivity contribution is 0.179. The molecule has 1 aromatic rings. The lowest BCUT2D eigenvalue weighted by atomic mass is 10.4. The van der Waals surface area contributed by atoms with Crippen LogP contribution in [0.3, 0.4) is 0 Å². The lowest BCUT2D eigenvalue weighted by Gasteiger charge is -2.20. The van der Waals surface area contributed by atoms with Crippen molar-refractivity contribution in [3.63, 3.8) is 0 Å². The van der Waals surface area contributed by atoms with E-state index >= 15 is 0 Å². The zero-order valence-corrected chi connectivity index (χ0v) is 12.6. The van der Waals surface area contributed by atoms with Gasteiger partial charge < -0.3 is 10.5 Å². The van der Waals surface area contributed by atoms with Gasteiger partial charge in [-0.1, -0.05) is 12.2 Å². The third-order valence-electron chi connectivity index (χ3n) is 2.47. The number of hydrogen-bond donors (Lipinski definition) is 1. The van der Waals surface area contributed by atoms with Crippen LogP contribution in [0.15, 0.2) is 17.3 Å². The van der Waals surface area contributed by atoms with E-state index in [4.69, 9.17) is 22.7 Å². The van der Waals surface area contributed by atoms with E-state index in [1.807, 2.05) is 0 Å². The van der Waals surface area contributed by atoms with Gasteiger partial charge in [-0.05, 0) is 0 Å². The number of thiocarbonyl (C=S) groups is 1. The monoisotopic (exact) mass is 306 g/mol. The predicted molar refractivity (Wildman–Crippen MR) is 75.2 cm³/mol. The summed E-state index contributed by atoms with van der Waals surface area (Å²) in [6, 6.07) is 0. The molecule has 0 aliphatic carbocycles. The van der Waals surface area contributed by atoms with E-state index in [2.05, 4.69) is 5.10 Å². The zero-order valence-electron chi connectivity index (χ0n) is 10.9. The standard InChI is InChI=1S/C10H18N4O3S2/c1-13-8-9(7-12-13)19(15,16)14(5-6-17-2)4-3-10(11)18/h7-8H,3-6H2,1-2H3,(H2,11,18). The van der Waals surface area contributed by atoms with Crippen molar-refractivity contribution in [1.82, 2.24) is 14.1 Å². The lowest BCUT2D eigenvalue weighted by Crippen LogP contribution is -2.36. The van der Waals surface area contributed by atoms with Crippen LogP contribution in [0.5, 0.6) is 0 Å². The second kappa shape index (κ2) is 6.94. The molecule has 1 aromatic heterocycles. The highest BCUT2D eigenvalue weighted by Gasteiger charge is 2.25. The van der Waals surface area contributed by atoms with Crippen LogP contribution in [0, 0.1) is 0 Å². The van der Waals surface area contributed by atoms with Gasteiger partial charge >= 0.3 is 0 Å². The molecule has 0 saturated carbocycles. The summed E-state index contributed by atoms with van der Waals surface area (Å²) in [5.74, 6) is 0. The summed E-state index contributed by atoms with van der Waals surface area (Å²) in [7, 11) is -0.417. The van der Waals surface area contributed by atoms with Gasteiger partial charge in [-0.2, -0.15) is 9.40 Å². The molecule has 0 atom stereocenters. The highest BCUT2D eigenvalue weighted by atomic mass is 32.2. The molecule has 0 unspecified atom stereocenters. The van der Waals surface area contributed by atoms with E-state index in [0.717, 1.165) is 0 Å². The van der Waals surface area contributed by atoms with Crippen molar-refractivity contribution >= 4 is 27.2 Å². The van der Waals surface area contributed by atoms with Crippen molar-refractivity contribution < 1.29 is 13.2 Å². The van der Waals surface area contributed by atoms with Gasteiger partial charge in [-0.25, -0.2) is 8.42 Å². The minimum absolute atomic E-state index is 0.147. The molecule has 0 saturated heterocycles. The van der Waals surface area contributed by atoms with Crippen LogP contribution >= 0.6 is 12.2 Å². The average molecular weight is 306 g/mol. The largest absolute Gasteiger partial charge is 0.393 e. The Morgan fingerprint density at radius 2 is 2.26 bits per heavy atom. The SMILES string of the molecule is COCCN(CCC(N)=S)S(=O)(=O)c1cnn(C)c1. The normalized spacial score (nSPS) is 11.9. The van der Waals surface area contributed by atoms with Gasteiger partial charge in [0.15, 0.2) is 0 Å². The molecule has 1 heterocycles. The molecule has 0 amide bonds. The van der Waals surface area contributed by atoms with Crippen molar-refractivity contribution in [3.05, 3.63) is 12.4 Å². The summed E-state index contributed by atoms with van der Waals surface area (Å²) in [4.78, 5) is 0.429. The molecule has 0 fully saturated rings. The maximum Gasteiger partial charge on any atom is 0.246 e. The quantitative estimate of drug-likeness (QED) is 0.665. The predicted octanol–water partition coefficient (Wildman–Crippen LogP) is -0.267. The second-order valence-corrected chi connectivity index (χ2v) is 6.43. The Labute approximate surface area is 118 Å². The molecule has 108 valence electrons. The van der Waals surface area contributed by atoms with E-state index in [0.29, 0.717) is 13.0 Å². The summed E-state index contributed by atoms with van der Waals surface area (Å²) >= 11 is 4.78. The van der Waals surface area contributed by atoms with Crippen LogP contribution in [0.25, 0.3) is 0 Å². The van der Waals surface area contributed by atoms with Crippen molar-refractivity contribution in [2.24, 2.45) is 12.8 Å². The molecule has 0 radical (unpaired) electrons. The number of methoxy groups -OCH3 is 1. The summed E-state index contributed by atoms with van der Waals surface area (Å²) in [6.45, 7) is 0.781. The summed E-state index contributed by atoms with van der Waals surface area (Å²) in [6.07, 6.45) is 3.10. The number of aromatic nitrogens is 2. The topological polar surface area (TPSA) is 90.4 Å². The van der Waals surface area contributed by atoms with Gasteiger partial charge in [0.25, 0.3) is 0 Å². The van der Waals surface area contributed by atoms with Crippen molar-refractivity contribution in [2.45, 2.75) is 11.3 Å². The van der Waals surface area contributed by atoms with Crippen molar-refractivity contribution in [2.75, 3.05) is 26.8 Å². The van der Waals surface area contributed by atoms with E-state index in [1.54, 1.807) is 7.05 Å². The first-order valence-corrected chi connectivity index (χ1v) is 7.49. The highest BCUT2D eigenvalue weighted by molar-refractivity contribution is 7.89. The van der Waals surface area contributed by atoms with Gasteiger partial charge in [-0.3, -0.25) is 4.68 Å². The Balaban J connectivity index is 2.91. The number of hydrogen-bond acceptors (Lipinski definition) is 5. The number of sulfonamides is 1. The number of ether oxygens (including phenoxy) is 1. The minimum atomic E-state index is -3.59. The molecule has 0 aliphatic heterocycles. The third-order valence-corrected chi connectivity index (χ3v) is 4.53. The number of nitrogens with zero attached hydrogens (tertiary/aromatic N) is 3. The van der Waals surface area contributed by atoms with Gasteiger partial charge in [0.05, 0.1) is 17.8 Å². The van der Waals surface area contributed by atoms with Crippen molar-refractivity contribution in [1.29, 1.82) is 0 Å². The first kappa shape index (κ1) is 16.0. The fraction of sp³-hybridized carbons (Fsp3) is 0.600. The third kappa shape index (κ3) is 4.53. The molecular weight excluding hydrogens is 288 g/mol. The van der Waals surface area contributed by atoms with Crippen LogP contribution in [0.4, 0.5) is 0 Å². The van der Waals surface area contributed by atoms with Crippen LogP contribution in [0.2, 0.25) is 0 Å². The molecule has 2 N–H and O–H groups in total. The first-order valence-electron chi connectivity index (χ1n) is 5.64. The van der Waals surface area contributed by atoms with Crippen LogP contribution < -0.4 is 5.73 Å². The smallest absolute Gasteiger partial charge is 0.246 e. The van der Waals surface area contributed by atoms with Gasteiger partial charge in [0, 0.05) is 39.9 Å². The fourth-order valence-electron chi connectivity index (χ4n) is 1.46. The molecular formula is C10H18N4O3S2. The minimum Gasteiger partial charge on any atom is -0.393 e. The maximum atomic E-state index is 12.4. The molecule has 0 aromatic carbocycles. The summed E-state index contributed by atoms with van der Waals surface area (Å²) < 4.78 is 32.5.